The first-order chi connectivity index (χ1) is 11.1. The molecule has 0 saturated carbocycles. The van der Waals surface area contributed by atoms with Gasteiger partial charge in [0.05, 0.1) is 12.5 Å². The Balaban J connectivity index is 0.00000288. The highest BCUT2D eigenvalue weighted by molar-refractivity contribution is 5.92. The van der Waals surface area contributed by atoms with Crippen molar-refractivity contribution >= 4 is 24.0 Å². The monoisotopic (exact) mass is 348 g/mol. The van der Waals surface area contributed by atoms with Gasteiger partial charge in [0, 0.05) is 11.7 Å². The van der Waals surface area contributed by atoms with Crippen molar-refractivity contribution in [2.75, 3.05) is 11.9 Å². The molecule has 1 amide bonds. The Bertz CT molecular complexity index is 617. The molecule has 5 heteroatoms. The summed E-state index contributed by atoms with van der Waals surface area (Å²) in [5, 5.41) is 2.90. The van der Waals surface area contributed by atoms with Crippen molar-refractivity contribution in [3.8, 4) is 5.75 Å². The zero-order valence-corrected chi connectivity index (χ0v) is 14.9. The summed E-state index contributed by atoms with van der Waals surface area (Å²) in [6, 6.07) is 16.7. The second kappa shape index (κ2) is 9.96. The fraction of sp³-hybridized carbons (Fsp3) is 0.316. The second-order valence-electron chi connectivity index (χ2n) is 5.59. The van der Waals surface area contributed by atoms with Gasteiger partial charge in [-0.15, -0.1) is 12.4 Å². The van der Waals surface area contributed by atoms with Gasteiger partial charge in [0.2, 0.25) is 5.91 Å². The molecule has 2 rings (SSSR count). The van der Waals surface area contributed by atoms with Crippen LogP contribution in [0.25, 0.3) is 0 Å². The first kappa shape index (κ1) is 20.0. The highest BCUT2D eigenvalue weighted by Crippen LogP contribution is 2.22. The van der Waals surface area contributed by atoms with Crippen molar-refractivity contribution in [1.29, 1.82) is 0 Å². The topological polar surface area (TPSA) is 64.3 Å². The standard InChI is InChI=1S/C19H24N2O2.ClH/c1-3-13-23-17-11-9-16(10-12-17)21-19(22)14(2)18(20)15-7-5-4-6-8-15;/h4-12,14,18H,3,13,20H2,1-2H3,(H,21,22);1H. The number of anilines is 1. The third kappa shape index (κ3) is 5.55. The highest BCUT2D eigenvalue weighted by Gasteiger charge is 2.22. The summed E-state index contributed by atoms with van der Waals surface area (Å²) in [7, 11) is 0. The molecular formula is C19H25ClN2O2. The predicted octanol–water partition coefficient (Wildman–Crippen LogP) is 4.17. The van der Waals surface area contributed by atoms with Crippen LogP contribution in [-0.4, -0.2) is 12.5 Å². The van der Waals surface area contributed by atoms with E-state index in [0.717, 1.165) is 23.4 Å². The van der Waals surface area contributed by atoms with Crippen LogP contribution in [0.1, 0.15) is 31.9 Å². The minimum atomic E-state index is -0.330. The van der Waals surface area contributed by atoms with Crippen LogP contribution in [0.2, 0.25) is 0 Å². The van der Waals surface area contributed by atoms with E-state index in [2.05, 4.69) is 12.2 Å². The summed E-state index contributed by atoms with van der Waals surface area (Å²) in [5.41, 5.74) is 7.89. The van der Waals surface area contributed by atoms with E-state index in [1.165, 1.54) is 0 Å². The van der Waals surface area contributed by atoms with Gasteiger partial charge in [-0.2, -0.15) is 0 Å². The van der Waals surface area contributed by atoms with Crippen LogP contribution in [0.3, 0.4) is 0 Å². The summed E-state index contributed by atoms with van der Waals surface area (Å²) in [5.74, 6) is 0.385. The van der Waals surface area contributed by atoms with Gasteiger partial charge in [0.25, 0.3) is 0 Å². The number of nitrogens with two attached hydrogens (primary N) is 1. The number of hydrogen-bond donors (Lipinski definition) is 2. The zero-order chi connectivity index (χ0) is 16.7. The fourth-order valence-corrected chi connectivity index (χ4v) is 2.24. The molecule has 2 aromatic carbocycles. The van der Waals surface area contributed by atoms with Gasteiger partial charge in [-0.05, 0) is 36.2 Å². The second-order valence-corrected chi connectivity index (χ2v) is 5.59. The number of rotatable bonds is 7. The SMILES string of the molecule is CCCOc1ccc(NC(=O)C(C)C(N)c2ccccc2)cc1.Cl. The molecule has 0 bridgehead atoms. The smallest absolute Gasteiger partial charge is 0.229 e. The number of ether oxygens (including phenoxy) is 1. The molecule has 0 fully saturated rings. The number of hydrogen-bond acceptors (Lipinski definition) is 3. The Morgan fingerprint density at radius 3 is 2.33 bits per heavy atom. The van der Waals surface area contributed by atoms with Gasteiger partial charge in [-0.25, -0.2) is 0 Å². The molecule has 24 heavy (non-hydrogen) atoms. The molecule has 0 radical (unpaired) electrons. The molecular weight excluding hydrogens is 324 g/mol. The van der Waals surface area contributed by atoms with Crippen molar-refractivity contribution in [2.24, 2.45) is 11.7 Å². The Labute approximate surface area is 149 Å². The summed E-state index contributed by atoms with van der Waals surface area (Å²) in [6.07, 6.45) is 0.966. The molecule has 4 nitrogen and oxygen atoms in total. The Morgan fingerprint density at radius 1 is 1.12 bits per heavy atom. The normalized spacial score (nSPS) is 12.6. The van der Waals surface area contributed by atoms with Crippen LogP contribution in [-0.2, 0) is 4.79 Å². The lowest BCUT2D eigenvalue weighted by molar-refractivity contribution is -0.120. The van der Waals surface area contributed by atoms with E-state index in [1.807, 2.05) is 61.5 Å². The average molecular weight is 349 g/mol. The maximum atomic E-state index is 12.4. The molecule has 0 heterocycles. The van der Waals surface area contributed by atoms with E-state index in [1.54, 1.807) is 0 Å². The van der Waals surface area contributed by atoms with Gasteiger partial charge in [0.1, 0.15) is 5.75 Å². The Morgan fingerprint density at radius 2 is 1.75 bits per heavy atom. The lowest BCUT2D eigenvalue weighted by atomic mass is 9.94. The van der Waals surface area contributed by atoms with Crippen molar-refractivity contribution in [2.45, 2.75) is 26.3 Å². The van der Waals surface area contributed by atoms with E-state index in [4.69, 9.17) is 10.5 Å². The lowest BCUT2D eigenvalue weighted by Gasteiger charge is -2.20. The van der Waals surface area contributed by atoms with Crippen LogP contribution in [0.4, 0.5) is 5.69 Å². The van der Waals surface area contributed by atoms with Crippen LogP contribution >= 0.6 is 12.4 Å². The summed E-state index contributed by atoms with van der Waals surface area (Å²) >= 11 is 0. The molecule has 2 atom stereocenters. The van der Waals surface area contributed by atoms with E-state index in [0.29, 0.717) is 6.61 Å². The van der Waals surface area contributed by atoms with Crippen molar-refractivity contribution in [3.05, 3.63) is 60.2 Å². The van der Waals surface area contributed by atoms with E-state index in [-0.39, 0.29) is 30.3 Å². The highest BCUT2D eigenvalue weighted by atomic mass is 35.5. The van der Waals surface area contributed by atoms with E-state index < -0.39 is 0 Å². The summed E-state index contributed by atoms with van der Waals surface area (Å²) in [6.45, 7) is 4.59. The van der Waals surface area contributed by atoms with Crippen LogP contribution in [0, 0.1) is 5.92 Å². The Hall–Kier alpha value is -2.04. The van der Waals surface area contributed by atoms with Crippen molar-refractivity contribution in [1.82, 2.24) is 0 Å². The maximum Gasteiger partial charge on any atom is 0.229 e. The predicted molar refractivity (Wildman–Crippen MR) is 101 cm³/mol. The van der Waals surface area contributed by atoms with Gasteiger partial charge in [0.15, 0.2) is 0 Å². The molecule has 130 valence electrons. The number of nitrogens with one attached hydrogen (secondary N) is 1. The van der Waals surface area contributed by atoms with Crippen LogP contribution in [0.15, 0.2) is 54.6 Å². The van der Waals surface area contributed by atoms with Gasteiger partial charge >= 0.3 is 0 Å². The minimum absolute atomic E-state index is 0. The van der Waals surface area contributed by atoms with Gasteiger partial charge in [-0.1, -0.05) is 44.2 Å². The fourth-order valence-electron chi connectivity index (χ4n) is 2.24. The molecule has 2 unspecified atom stereocenters. The quantitative estimate of drug-likeness (QED) is 0.789. The third-order valence-corrected chi connectivity index (χ3v) is 3.73. The van der Waals surface area contributed by atoms with Gasteiger partial charge in [-0.3, -0.25) is 4.79 Å². The molecule has 0 aliphatic heterocycles. The van der Waals surface area contributed by atoms with E-state index >= 15 is 0 Å². The summed E-state index contributed by atoms with van der Waals surface area (Å²) in [4.78, 5) is 12.4. The van der Waals surface area contributed by atoms with Gasteiger partial charge < -0.3 is 15.8 Å². The van der Waals surface area contributed by atoms with Crippen molar-refractivity contribution < 1.29 is 9.53 Å². The largest absolute Gasteiger partial charge is 0.494 e. The number of carbonyl (C=O) groups is 1. The maximum absolute atomic E-state index is 12.4. The number of carbonyl (C=O) groups excluding carboxylic acids is 1. The van der Waals surface area contributed by atoms with Crippen LogP contribution < -0.4 is 15.8 Å². The molecule has 0 aliphatic rings. The molecule has 3 N–H and O–H groups in total. The number of benzene rings is 2. The first-order valence-corrected chi connectivity index (χ1v) is 7.96. The zero-order valence-electron chi connectivity index (χ0n) is 14.1. The van der Waals surface area contributed by atoms with Crippen LogP contribution in [0.5, 0.6) is 5.75 Å². The molecule has 0 saturated heterocycles. The van der Waals surface area contributed by atoms with Crippen molar-refractivity contribution in [3.63, 3.8) is 0 Å². The molecule has 0 aliphatic carbocycles. The number of amides is 1. The molecule has 0 spiro atoms. The molecule has 0 aromatic heterocycles. The number of halogens is 1. The van der Waals surface area contributed by atoms with E-state index in [9.17, 15) is 4.79 Å². The molecule has 2 aromatic rings. The minimum Gasteiger partial charge on any atom is -0.494 e. The first-order valence-electron chi connectivity index (χ1n) is 7.96. The third-order valence-electron chi connectivity index (χ3n) is 3.73. The summed E-state index contributed by atoms with van der Waals surface area (Å²) < 4.78 is 5.53. The average Bonchev–Trinajstić information content (AvgIpc) is 2.60. The lowest BCUT2D eigenvalue weighted by Crippen LogP contribution is -2.30. The Kier molecular flexibility index (Phi) is 8.30.